The number of nitrogens with zero attached hydrogens (tertiary/aromatic N) is 1. The van der Waals surface area contributed by atoms with E-state index in [0.29, 0.717) is 22.6 Å². The minimum absolute atomic E-state index is 0.00355. The van der Waals surface area contributed by atoms with Gasteiger partial charge in [-0.05, 0) is 49.4 Å². The Balaban J connectivity index is 2.12. The first-order valence-electron chi connectivity index (χ1n) is 6.52. The fraction of sp³-hybridized carbons (Fsp3) is 0.125. The van der Waals surface area contributed by atoms with Gasteiger partial charge in [0.1, 0.15) is 17.2 Å². The van der Waals surface area contributed by atoms with Gasteiger partial charge in [-0.2, -0.15) is 5.10 Å². The monoisotopic (exact) mass is 300 g/mol. The third-order valence-corrected chi connectivity index (χ3v) is 3.05. The Morgan fingerprint density at radius 3 is 2.45 bits per heavy atom. The Morgan fingerprint density at radius 1 is 1.14 bits per heavy atom. The second-order valence-electron chi connectivity index (χ2n) is 4.57. The third kappa shape index (κ3) is 3.54. The number of hydrogen-bond donors (Lipinski definition) is 3. The van der Waals surface area contributed by atoms with E-state index in [0.717, 1.165) is 0 Å². The standard InChI is InChI=1S/C16H16N2O4/c1-10(14-9-12(19)5-8-15(14)20)17-18-16(21)11-3-6-13(22-2)7-4-11/h3-9,19-20H,1-2H3,(H,18,21)/b17-10-. The normalized spacial score (nSPS) is 11.1. The first-order chi connectivity index (χ1) is 10.5. The van der Waals surface area contributed by atoms with E-state index in [1.807, 2.05) is 0 Å². The SMILES string of the molecule is COc1ccc(C(=O)N/N=C(/C)c2cc(O)ccc2O)cc1. The highest BCUT2D eigenvalue weighted by molar-refractivity contribution is 6.02. The van der Waals surface area contributed by atoms with Gasteiger partial charge >= 0.3 is 0 Å². The molecule has 0 radical (unpaired) electrons. The summed E-state index contributed by atoms with van der Waals surface area (Å²) in [6.07, 6.45) is 0. The molecule has 2 rings (SSSR count). The molecule has 0 spiro atoms. The van der Waals surface area contributed by atoms with Crippen molar-refractivity contribution in [2.24, 2.45) is 5.10 Å². The van der Waals surface area contributed by atoms with E-state index in [-0.39, 0.29) is 17.4 Å². The Hall–Kier alpha value is -3.02. The number of rotatable bonds is 4. The summed E-state index contributed by atoms with van der Waals surface area (Å²) in [6, 6.07) is 10.7. The van der Waals surface area contributed by atoms with Crippen LogP contribution in [0.15, 0.2) is 47.6 Å². The van der Waals surface area contributed by atoms with Gasteiger partial charge in [0, 0.05) is 11.1 Å². The van der Waals surface area contributed by atoms with Crippen LogP contribution in [0, 0.1) is 0 Å². The number of carbonyl (C=O) groups is 1. The van der Waals surface area contributed by atoms with Gasteiger partial charge in [-0.25, -0.2) is 5.43 Å². The molecule has 6 nitrogen and oxygen atoms in total. The van der Waals surface area contributed by atoms with Gasteiger partial charge < -0.3 is 14.9 Å². The molecule has 3 N–H and O–H groups in total. The molecule has 2 aromatic rings. The predicted molar refractivity (Wildman–Crippen MR) is 82.4 cm³/mol. The van der Waals surface area contributed by atoms with Gasteiger partial charge in [-0.1, -0.05) is 0 Å². The molecule has 0 aliphatic rings. The van der Waals surface area contributed by atoms with Crippen molar-refractivity contribution < 1.29 is 19.7 Å². The zero-order chi connectivity index (χ0) is 16.1. The second-order valence-corrected chi connectivity index (χ2v) is 4.57. The Labute approximate surface area is 127 Å². The number of hydrogen-bond acceptors (Lipinski definition) is 5. The number of carbonyl (C=O) groups excluding carboxylic acids is 1. The summed E-state index contributed by atoms with van der Waals surface area (Å²) in [4.78, 5) is 12.0. The van der Waals surface area contributed by atoms with Crippen LogP contribution < -0.4 is 10.2 Å². The quantitative estimate of drug-likeness (QED) is 0.459. The maximum Gasteiger partial charge on any atom is 0.271 e. The van der Waals surface area contributed by atoms with Gasteiger partial charge in [0.15, 0.2) is 0 Å². The van der Waals surface area contributed by atoms with Crippen molar-refractivity contribution in [3.63, 3.8) is 0 Å². The van der Waals surface area contributed by atoms with E-state index in [1.165, 1.54) is 18.2 Å². The van der Waals surface area contributed by atoms with Crippen LogP contribution in [0.3, 0.4) is 0 Å². The number of phenols is 2. The van der Waals surface area contributed by atoms with E-state index < -0.39 is 0 Å². The van der Waals surface area contributed by atoms with E-state index in [1.54, 1.807) is 38.3 Å². The van der Waals surface area contributed by atoms with Crippen molar-refractivity contribution >= 4 is 11.6 Å². The lowest BCUT2D eigenvalue weighted by atomic mass is 10.1. The molecule has 0 fully saturated rings. The van der Waals surface area contributed by atoms with Gasteiger partial charge in [0.25, 0.3) is 5.91 Å². The number of nitrogens with one attached hydrogen (secondary N) is 1. The van der Waals surface area contributed by atoms with Crippen molar-refractivity contribution in [3.05, 3.63) is 53.6 Å². The van der Waals surface area contributed by atoms with Crippen LogP contribution >= 0.6 is 0 Å². The number of amides is 1. The summed E-state index contributed by atoms with van der Waals surface area (Å²) in [5.41, 5.74) is 3.54. The molecule has 0 saturated heterocycles. The minimum Gasteiger partial charge on any atom is -0.508 e. The lowest BCUT2D eigenvalue weighted by Gasteiger charge is -2.06. The van der Waals surface area contributed by atoms with Gasteiger partial charge in [0.2, 0.25) is 0 Å². The summed E-state index contributed by atoms with van der Waals surface area (Å²) in [6.45, 7) is 1.61. The molecule has 0 atom stereocenters. The van der Waals surface area contributed by atoms with Crippen molar-refractivity contribution in [3.8, 4) is 17.2 Å². The maximum atomic E-state index is 12.0. The van der Waals surface area contributed by atoms with Gasteiger partial charge in [0.05, 0.1) is 12.8 Å². The van der Waals surface area contributed by atoms with Crippen molar-refractivity contribution in [2.45, 2.75) is 6.92 Å². The van der Waals surface area contributed by atoms with Crippen LogP contribution in [-0.2, 0) is 0 Å². The summed E-state index contributed by atoms with van der Waals surface area (Å²) in [5, 5.41) is 23.1. The molecule has 0 heterocycles. The van der Waals surface area contributed by atoms with E-state index >= 15 is 0 Å². The van der Waals surface area contributed by atoms with Crippen molar-refractivity contribution in [2.75, 3.05) is 7.11 Å². The highest BCUT2D eigenvalue weighted by Crippen LogP contribution is 2.22. The van der Waals surface area contributed by atoms with Gasteiger partial charge in [-0.3, -0.25) is 4.79 Å². The number of benzene rings is 2. The summed E-state index contributed by atoms with van der Waals surface area (Å²) < 4.78 is 5.02. The zero-order valence-corrected chi connectivity index (χ0v) is 12.2. The number of aromatic hydroxyl groups is 2. The molecule has 114 valence electrons. The molecule has 6 heteroatoms. The number of hydrazone groups is 1. The van der Waals surface area contributed by atoms with E-state index in [4.69, 9.17) is 4.74 Å². The minimum atomic E-state index is -0.387. The van der Waals surface area contributed by atoms with Crippen molar-refractivity contribution in [1.29, 1.82) is 0 Å². The maximum absolute atomic E-state index is 12.0. The smallest absolute Gasteiger partial charge is 0.271 e. The zero-order valence-electron chi connectivity index (χ0n) is 12.2. The summed E-state index contributed by atoms with van der Waals surface area (Å²) >= 11 is 0. The molecular formula is C16H16N2O4. The molecule has 0 unspecified atom stereocenters. The van der Waals surface area contributed by atoms with Gasteiger partial charge in [-0.15, -0.1) is 0 Å². The van der Waals surface area contributed by atoms with E-state index in [2.05, 4.69) is 10.5 Å². The molecular weight excluding hydrogens is 284 g/mol. The summed E-state index contributed by atoms with van der Waals surface area (Å²) in [7, 11) is 1.55. The lowest BCUT2D eigenvalue weighted by Crippen LogP contribution is -2.19. The average Bonchev–Trinajstić information content (AvgIpc) is 2.54. The Kier molecular flexibility index (Phi) is 4.63. The molecule has 0 aromatic heterocycles. The molecule has 0 saturated carbocycles. The molecule has 0 bridgehead atoms. The van der Waals surface area contributed by atoms with E-state index in [9.17, 15) is 15.0 Å². The number of phenolic OH excluding ortho intramolecular Hbond substituents is 2. The fourth-order valence-electron chi connectivity index (χ4n) is 1.82. The highest BCUT2D eigenvalue weighted by atomic mass is 16.5. The molecule has 22 heavy (non-hydrogen) atoms. The van der Waals surface area contributed by atoms with Crippen LogP contribution in [0.5, 0.6) is 17.2 Å². The molecule has 2 aromatic carbocycles. The summed E-state index contributed by atoms with van der Waals surface area (Å²) in [5.74, 6) is 0.240. The second kappa shape index (κ2) is 6.62. The highest BCUT2D eigenvalue weighted by Gasteiger charge is 2.08. The average molecular weight is 300 g/mol. The number of methoxy groups -OCH3 is 1. The van der Waals surface area contributed by atoms with Crippen LogP contribution in [-0.4, -0.2) is 28.9 Å². The molecule has 1 amide bonds. The fourth-order valence-corrected chi connectivity index (χ4v) is 1.82. The molecule has 0 aliphatic carbocycles. The van der Waals surface area contributed by atoms with Crippen LogP contribution in [0.4, 0.5) is 0 Å². The van der Waals surface area contributed by atoms with Crippen LogP contribution in [0.2, 0.25) is 0 Å². The third-order valence-electron chi connectivity index (χ3n) is 3.05. The first-order valence-corrected chi connectivity index (χ1v) is 6.52. The predicted octanol–water partition coefficient (Wildman–Crippen LogP) is 2.26. The first kappa shape index (κ1) is 15.4. The Morgan fingerprint density at radius 2 is 1.82 bits per heavy atom. The van der Waals surface area contributed by atoms with Crippen molar-refractivity contribution in [1.82, 2.24) is 5.43 Å². The molecule has 0 aliphatic heterocycles. The largest absolute Gasteiger partial charge is 0.508 e. The lowest BCUT2D eigenvalue weighted by molar-refractivity contribution is 0.0955. The van der Waals surface area contributed by atoms with Crippen LogP contribution in [0.25, 0.3) is 0 Å². The number of ether oxygens (including phenoxy) is 1. The van der Waals surface area contributed by atoms with Crippen LogP contribution in [0.1, 0.15) is 22.8 Å². The topological polar surface area (TPSA) is 91.2 Å². The Bertz CT molecular complexity index is 709.